The molecule has 0 bridgehead atoms. The number of rotatable bonds is 0. The van der Waals surface area contributed by atoms with Gasteiger partial charge in [-0.1, -0.05) is 0 Å². The molecule has 1 unspecified atom stereocenters. The molecule has 2 nitrogen and oxygen atoms in total. The first-order chi connectivity index (χ1) is 4.61. The van der Waals surface area contributed by atoms with Crippen LogP contribution in [-0.4, -0.2) is 11.9 Å². The van der Waals surface area contributed by atoms with Gasteiger partial charge in [-0.3, -0.25) is 4.99 Å². The molecule has 0 amide bonds. The van der Waals surface area contributed by atoms with Gasteiger partial charge in [-0.15, -0.1) is 0 Å². The summed E-state index contributed by atoms with van der Waals surface area (Å²) in [6, 6.07) is 0.362. The summed E-state index contributed by atoms with van der Waals surface area (Å²) in [6.45, 7) is 8.31. The quantitative estimate of drug-likeness (QED) is 0.541. The van der Waals surface area contributed by atoms with Crippen LogP contribution in [0.2, 0.25) is 0 Å². The molecule has 0 aromatic carbocycles. The molecule has 1 heterocycles. The first kappa shape index (κ1) is 7.32. The Morgan fingerprint density at radius 1 is 1.30 bits per heavy atom. The van der Waals surface area contributed by atoms with E-state index in [4.69, 9.17) is 0 Å². The lowest BCUT2D eigenvalue weighted by Crippen LogP contribution is -2.27. The number of allylic oxidation sites excluding steroid dienone is 1. The predicted octanol–water partition coefficient (Wildman–Crippen LogP) is 1.69. The van der Waals surface area contributed by atoms with E-state index in [9.17, 15) is 0 Å². The molecule has 1 aliphatic heterocycles. The van der Waals surface area contributed by atoms with E-state index in [0.29, 0.717) is 6.04 Å². The summed E-state index contributed by atoms with van der Waals surface area (Å²) in [7, 11) is 0. The summed E-state index contributed by atoms with van der Waals surface area (Å²) >= 11 is 0. The summed E-state index contributed by atoms with van der Waals surface area (Å²) in [5.41, 5.74) is 2.59. The average molecular weight is 138 g/mol. The van der Waals surface area contributed by atoms with Crippen molar-refractivity contribution in [2.24, 2.45) is 4.99 Å². The number of hydrogen-bond acceptors (Lipinski definition) is 2. The molecule has 0 aliphatic carbocycles. The molecule has 1 rings (SSSR count). The highest BCUT2D eigenvalue weighted by Gasteiger charge is 2.10. The molecular weight excluding hydrogens is 124 g/mol. The molecular formula is C8H14N2. The molecule has 1 aliphatic rings. The van der Waals surface area contributed by atoms with Gasteiger partial charge in [0.2, 0.25) is 0 Å². The van der Waals surface area contributed by atoms with Crippen LogP contribution < -0.4 is 5.32 Å². The zero-order valence-corrected chi connectivity index (χ0v) is 7.02. The normalized spacial score (nSPS) is 26.0. The highest BCUT2D eigenvalue weighted by atomic mass is 15.0. The van der Waals surface area contributed by atoms with Crippen LogP contribution in [0.3, 0.4) is 0 Å². The summed E-state index contributed by atoms with van der Waals surface area (Å²) in [4.78, 5) is 4.36. The molecule has 0 radical (unpaired) electrons. The maximum Gasteiger partial charge on any atom is 0.0980 e. The van der Waals surface area contributed by atoms with Crippen LogP contribution in [0.1, 0.15) is 27.7 Å². The lowest BCUT2D eigenvalue weighted by atomic mass is 10.1. The second-order valence-electron chi connectivity index (χ2n) is 2.82. The molecule has 56 valence electrons. The van der Waals surface area contributed by atoms with Gasteiger partial charge in [0.25, 0.3) is 0 Å². The molecule has 0 fully saturated rings. The lowest BCUT2D eigenvalue weighted by Gasteiger charge is -2.20. The van der Waals surface area contributed by atoms with E-state index in [1.54, 1.807) is 0 Å². The van der Waals surface area contributed by atoms with Gasteiger partial charge in [-0.25, -0.2) is 0 Å². The van der Waals surface area contributed by atoms with E-state index in [1.807, 2.05) is 6.92 Å². The summed E-state index contributed by atoms with van der Waals surface area (Å²) in [5.74, 6) is 1.02. The second kappa shape index (κ2) is 2.45. The number of nitrogens with one attached hydrogen (secondary N) is 1. The number of nitrogens with zero attached hydrogens (tertiary/aromatic N) is 1. The van der Waals surface area contributed by atoms with E-state index in [-0.39, 0.29) is 0 Å². The van der Waals surface area contributed by atoms with Crippen molar-refractivity contribution in [1.29, 1.82) is 0 Å². The molecule has 0 aromatic rings. The van der Waals surface area contributed by atoms with Gasteiger partial charge in [0, 0.05) is 5.70 Å². The standard InChI is InChI=1S/C8H14N2/c1-5-6(2)9-8(4)10-7(5)3/h6H,1-4H3,(H,9,10). The highest BCUT2D eigenvalue weighted by molar-refractivity contribution is 5.82. The monoisotopic (exact) mass is 138 g/mol. The van der Waals surface area contributed by atoms with Crippen LogP contribution in [0.15, 0.2) is 16.3 Å². The van der Waals surface area contributed by atoms with Crippen molar-refractivity contribution in [3.8, 4) is 0 Å². The third-order valence-corrected chi connectivity index (χ3v) is 1.97. The van der Waals surface area contributed by atoms with E-state index < -0.39 is 0 Å². The van der Waals surface area contributed by atoms with Gasteiger partial charge in [-0.05, 0) is 33.3 Å². The minimum Gasteiger partial charge on any atom is -0.348 e. The Morgan fingerprint density at radius 2 is 1.90 bits per heavy atom. The van der Waals surface area contributed by atoms with Crippen molar-refractivity contribution >= 4 is 5.84 Å². The molecule has 1 N–H and O–H groups in total. The van der Waals surface area contributed by atoms with Gasteiger partial charge in [0.05, 0.1) is 11.9 Å². The van der Waals surface area contributed by atoms with Crippen LogP contribution in [-0.2, 0) is 0 Å². The Morgan fingerprint density at radius 3 is 2.40 bits per heavy atom. The van der Waals surface area contributed by atoms with Gasteiger partial charge in [-0.2, -0.15) is 0 Å². The number of aliphatic imine (C=N–C) groups is 1. The van der Waals surface area contributed by atoms with Crippen LogP contribution in [0, 0.1) is 0 Å². The highest BCUT2D eigenvalue weighted by Crippen LogP contribution is 2.13. The van der Waals surface area contributed by atoms with Crippen LogP contribution in [0.5, 0.6) is 0 Å². The molecule has 0 spiro atoms. The second-order valence-corrected chi connectivity index (χ2v) is 2.82. The maximum atomic E-state index is 4.36. The van der Waals surface area contributed by atoms with E-state index in [1.165, 1.54) is 11.3 Å². The maximum absolute atomic E-state index is 4.36. The molecule has 1 atom stereocenters. The van der Waals surface area contributed by atoms with Gasteiger partial charge < -0.3 is 5.32 Å². The number of amidine groups is 1. The van der Waals surface area contributed by atoms with Crippen LogP contribution >= 0.6 is 0 Å². The topological polar surface area (TPSA) is 24.4 Å². The summed E-state index contributed by atoms with van der Waals surface area (Å²) in [5, 5.41) is 3.19. The predicted molar refractivity (Wildman–Crippen MR) is 44.1 cm³/mol. The van der Waals surface area contributed by atoms with Gasteiger partial charge in [0.15, 0.2) is 0 Å². The third-order valence-electron chi connectivity index (χ3n) is 1.97. The minimum atomic E-state index is 0.362. The zero-order valence-electron chi connectivity index (χ0n) is 7.02. The summed E-state index contributed by atoms with van der Waals surface area (Å²) < 4.78 is 0. The van der Waals surface area contributed by atoms with Crippen molar-refractivity contribution in [3.63, 3.8) is 0 Å². The fraction of sp³-hybridized carbons (Fsp3) is 0.625. The fourth-order valence-electron chi connectivity index (χ4n) is 1.10. The Hall–Kier alpha value is -0.790. The Labute approximate surface area is 62.0 Å². The molecule has 0 aromatic heterocycles. The Bertz CT molecular complexity index is 201. The lowest BCUT2D eigenvalue weighted by molar-refractivity contribution is 0.792. The van der Waals surface area contributed by atoms with Crippen molar-refractivity contribution in [1.82, 2.24) is 5.32 Å². The molecule has 0 saturated heterocycles. The van der Waals surface area contributed by atoms with Crippen LogP contribution in [0.4, 0.5) is 0 Å². The summed E-state index contributed by atoms with van der Waals surface area (Å²) in [6.07, 6.45) is 0. The molecule has 2 heteroatoms. The fourth-order valence-corrected chi connectivity index (χ4v) is 1.10. The van der Waals surface area contributed by atoms with Crippen LogP contribution in [0.25, 0.3) is 0 Å². The first-order valence-electron chi connectivity index (χ1n) is 3.60. The van der Waals surface area contributed by atoms with Gasteiger partial charge >= 0.3 is 0 Å². The first-order valence-corrected chi connectivity index (χ1v) is 3.60. The van der Waals surface area contributed by atoms with E-state index in [2.05, 4.69) is 31.1 Å². The Balaban J connectivity index is 2.85. The van der Waals surface area contributed by atoms with E-state index >= 15 is 0 Å². The number of hydrogen-bond donors (Lipinski definition) is 1. The van der Waals surface area contributed by atoms with E-state index in [0.717, 1.165) is 5.84 Å². The SMILES string of the molecule is CC1=NC(C)C(C)=C(C)N1. The third kappa shape index (κ3) is 1.20. The van der Waals surface area contributed by atoms with Gasteiger partial charge in [0.1, 0.15) is 0 Å². The zero-order chi connectivity index (χ0) is 7.72. The largest absolute Gasteiger partial charge is 0.348 e. The Kier molecular flexibility index (Phi) is 1.79. The molecule has 10 heavy (non-hydrogen) atoms. The van der Waals surface area contributed by atoms with Crippen molar-refractivity contribution in [2.45, 2.75) is 33.7 Å². The average Bonchev–Trinajstić information content (AvgIpc) is 1.82. The van der Waals surface area contributed by atoms with Crippen molar-refractivity contribution < 1.29 is 0 Å². The molecule has 0 saturated carbocycles. The minimum absolute atomic E-state index is 0.362. The smallest absolute Gasteiger partial charge is 0.0980 e. The van der Waals surface area contributed by atoms with Crippen molar-refractivity contribution in [3.05, 3.63) is 11.3 Å². The van der Waals surface area contributed by atoms with Crippen molar-refractivity contribution in [2.75, 3.05) is 0 Å².